The van der Waals surface area contributed by atoms with Crippen LogP contribution in [0.15, 0.2) is 29.2 Å². The molecule has 2 nitrogen and oxygen atoms in total. The Morgan fingerprint density at radius 1 is 0.882 bits per heavy atom. The molecule has 0 atom stereocenters. The second kappa shape index (κ2) is 4.13. The number of benzene rings is 1. The minimum absolute atomic E-state index is 0.309. The Morgan fingerprint density at radius 3 is 1.65 bits per heavy atom. The van der Waals surface area contributed by atoms with Crippen LogP contribution in [-0.2, 0) is 9.84 Å². The van der Waals surface area contributed by atoms with Crippen LogP contribution >= 0.6 is 0 Å². The molecule has 1 rings (SSSR count). The Morgan fingerprint density at radius 2 is 1.29 bits per heavy atom. The fourth-order valence-corrected chi connectivity index (χ4v) is 3.30. The van der Waals surface area contributed by atoms with E-state index in [0.29, 0.717) is 4.90 Å². The van der Waals surface area contributed by atoms with Gasteiger partial charge in [0.1, 0.15) is 0 Å². The minimum atomic E-state index is -3.31. The average Bonchev–Trinajstić information content (AvgIpc) is 2.16. The highest BCUT2D eigenvalue weighted by molar-refractivity contribution is 7.92. The largest absolute Gasteiger partial charge is 0.223 e. The zero-order chi connectivity index (χ0) is 13.5. The second-order valence-electron chi connectivity index (χ2n) is 6.08. The smallest absolute Gasteiger partial charge is 0.184 e. The van der Waals surface area contributed by atoms with Gasteiger partial charge in [0.25, 0.3) is 0 Å². The summed E-state index contributed by atoms with van der Waals surface area (Å²) in [6, 6.07) is 7.06. The van der Waals surface area contributed by atoms with Gasteiger partial charge in [-0.3, -0.25) is 0 Å². The molecule has 0 aliphatic carbocycles. The van der Waals surface area contributed by atoms with Gasteiger partial charge in [-0.1, -0.05) is 38.5 Å². The quantitative estimate of drug-likeness (QED) is 0.808. The van der Waals surface area contributed by atoms with Crippen LogP contribution in [0, 0.1) is 12.3 Å². The molecular weight excluding hydrogens is 232 g/mol. The van der Waals surface area contributed by atoms with E-state index < -0.39 is 14.6 Å². The summed E-state index contributed by atoms with van der Waals surface area (Å²) >= 11 is 0. The molecule has 1 aromatic rings. The molecule has 3 heteroatoms. The van der Waals surface area contributed by atoms with Crippen LogP contribution in [0.2, 0.25) is 0 Å². The predicted octanol–water partition coefficient (Wildman–Crippen LogP) is 3.59. The van der Waals surface area contributed by atoms with Crippen molar-refractivity contribution in [3.05, 3.63) is 29.8 Å². The van der Waals surface area contributed by atoms with Gasteiger partial charge < -0.3 is 0 Å². The highest BCUT2D eigenvalue weighted by Gasteiger charge is 2.45. The molecule has 0 aromatic heterocycles. The predicted molar refractivity (Wildman–Crippen MR) is 71.9 cm³/mol. The van der Waals surface area contributed by atoms with Gasteiger partial charge in [0.05, 0.1) is 9.64 Å². The highest BCUT2D eigenvalue weighted by atomic mass is 32.2. The average molecular weight is 254 g/mol. The van der Waals surface area contributed by atoms with Crippen molar-refractivity contribution in [3.63, 3.8) is 0 Å². The molecule has 0 radical (unpaired) electrons. The van der Waals surface area contributed by atoms with Crippen LogP contribution in [0.3, 0.4) is 0 Å². The Balaban J connectivity index is 3.35. The number of sulfone groups is 1. The summed E-state index contributed by atoms with van der Waals surface area (Å²) in [5, 5.41) is 0. The van der Waals surface area contributed by atoms with Gasteiger partial charge in [-0.25, -0.2) is 8.42 Å². The summed E-state index contributed by atoms with van der Waals surface area (Å²) in [6.45, 7) is 11.4. The number of hydrogen-bond donors (Lipinski definition) is 0. The minimum Gasteiger partial charge on any atom is -0.223 e. The lowest BCUT2D eigenvalue weighted by molar-refractivity contribution is 0.302. The Bertz CT molecular complexity index is 488. The first-order valence-electron chi connectivity index (χ1n) is 5.81. The van der Waals surface area contributed by atoms with Gasteiger partial charge >= 0.3 is 0 Å². The van der Waals surface area contributed by atoms with Crippen LogP contribution in [0.1, 0.15) is 40.2 Å². The molecule has 0 unspecified atom stereocenters. The molecule has 0 aliphatic heterocycles. The van der Waals surface area contributed by atoms with E-state index in [0.717, 1.165) is 5.56 Å². The number of aryl methyl sites for hydroxylation is 1. The lowest BCUT2D eigenvalue weighted by Crippen LogP contribution is -2.44. The lowest BCUT2D eigenvalue weighted by atomic mass is 9.83. The topological polar surface area (TPSA) is 34.1 Å². The summed E-state index contributed by atoms with van der Waals surface area (Å²) in [7, 11) is -3.31. The number of hydrogen-bond acceptors (Lipinski definition) is 2. The van der Waals surface area contributed by atoms with Crippen molar-refractivity contribution in [2.75, 3.05) is 0 Å². The van der Waals surface area contributed by atoms with Crippen molar-refractivity contribution in [1.29, 1.82) is 0 Å². The second-order valence-corrected chi connectivity index (χ2v) is 8.58. The molecule has 1 aromatic carbocycles. The molecule has 0 heterocycles. The summed E-state index contributed by atoms with van der Waals surface area (Å²) in [6.07, 6.45) is 0. The van der Waals surface area contributed by atoms with Gasteiger partial charge in [0.2, 0.25) is 0 Å². The van der Waals surface area contributed by atoms with Crippen molar-refractivity contribution < 1.29 is 8.42 Å². The summed E-state index contributed by atoms with van der Waals surface area (Å²) in [5.74, 6) is 0. The van der Waals surface area contributed by atoms with Crippen LogP contribution < -0.4 is 0 Å². The van der Waals surface area contributed by atoms with E-state index in [-0.39, 0.29) is 5.41 Å². The van der Waals surface area contributed by atoms with Crippen LogP contribution in [0.5, 0.6) is 0 Å². The molecule has 0 spiro atoms. The van der Waals surface area contributed by atoms with Gasteiger partial charge in [-0.2, -0.15) is 0 Å². The first kappa shape index (κ1) is 14.2. The summed E-state index contributed by atoms with van der Waals surface area (Å²) in [5.41, 5.74) is 0.758. The van der Waals surface area contributed by atoms with E-state index in [4.69, 9.17) is 0 Å². The maximum Gasteiger partial charge on any atom is 0.184 e. The van der Waals surface area contributed by atoms with Gasteiger partial charge in [-0.05, 0) is 38.3 Å². The van der Waals surface area contributed by atoms with Gasteiger partial charge in [0.15, 0.2) is 9.84 Å². The molecule has 0 fully saturated rings. The van der Waals surface area contributed by atoms with Gasteiger partial charge in [0, 0.05) is 0 Å². The zero-order valence-electron chi connectivity index (χ0n) is 11.5. The molecule has 17 heavy (non-hydrogen) atoms. The third-order valence-electron chi connectivity index (χ3n) is 3.81. The monoisotopic (exact) mass is 254 g/mol. The van der Waals surface area contributed by atoms with E-state index >= 15 is 0 Å². The SMILES string of the molecule is Cc1ccc(S(=O)(=O)C(C)(C)C(C)(C)C)cc1. The van der Waals surface area contributed by atoms with E-state index in [2.05, 4.69) is 0 Å². The molecule has 96 valence electrons. The first-order chi connectivity index (χ1) is 7.50. The molecule has 0 N–H and O–H groups in total. The van der Waals surface area contributed by atoms with E-state index in [1.54, 1.807) is 26.0 Å². The van der Waals surface area contributed by atoms with Crippen molar-refractivity contribution >= 4 is 9.84 Å². The number of rotatable bonds is 2. The third kappa shape index (κ3) is 2.39. The van der Waals surface area contributed by atoms with Crippen molar-refractivity contribution in [2.45, 2.75) is 51.2 Å². The maximum absolute atomic E-state index is 12.6. The van der Waals surface area contributed by atoms with Crippen LogP contribution in [0.4, 0.5) is 0 Å². The molecule has 0 saturated heterocycles. The van der Waals surface area contributed by atoms with E-state index in [1.807, 2.05) is 39.8 Å². The summed E-state index contributed by atoms with van der Waals surface area (Å²) < 4.78 is 24.4. The lowest BCUT2D eigenvalue weighted by Gasteiger charge is -2.38. The fraction of sp³-hybridized carbons (Fsp3) is 0.571. The molecule has 0 saturated carbocycles. The third-order valence-corrected chi connectivity index (χ3v) is 6.66. The highest BCUT2D eigenvalue weighted by Crippen LogP contribution is 2.40. The van der Waals surface area contributed by atoms with Crippen molar-refractivity contribution in [3.8, 4) is 0 Å². The molecule has 0 bridgehead atoms. The van der Waals surface area contributed by atoms with Crippen LogP contribution in [0.25, 0.3) is 0 Å². The van der Waals surface area contributed by atoms with E-state index in [9.17, 15) is 8.42 Å². The Labute approximate surface area is 105 Å². The Kier molecular flexibility index (Phi) is 3.45. The van der Waals surface area contributed by atoms with Crippen molar-refractivity contribution in [2.24, 2.45) is 5.41 Å². The normalized spacial score (nSPS) is 13.8. The fourth-order valence-electron chi connectivity index (χ4n) is 1.42. The standard InChI is InChI=1S/C14H22O2S/c1-11-7-9-12(10-8-11)17(15,16)14(5,6)13(2,3)4/h7-10H,1-6H3. The Hall–Kier alpha value is -0.830. The van der Waals surface area contributed by atoms with Crippen LogP contribution in [-0.4, -0.2) is 13.2 Å². The zero-order valence-corrected chi connectivity index (χ0v) is 12.4. The maximum atomic E-state index is 12.6. The van der Waals surface area contributed by atoms with Gasteiger partial charge in [-0.15, -0.1) is 0 Å². The molecular formula is C14H22O2S. The summed E-state index contributed by atoms with van der Waals surface area (Å²) in [4.78, 5) is 0.406. The van der Waals surface area contributed by atoms with Crippen molar-refractivity contribution in [1.82, 2.24) is 0 Å². The first-order valence-corrected chi connectivity index (χ1v) is 7.30. The molecule has 0 amide bonds. The molecule has 0 aliphatic rings. The van der Waals surface area contributed by atoms with E-state index in [1.165, 1.54) is 0 Å².